The first-order chi connectivity index (χ1) is 16.0. The van der Waals surface area contributed by atoms with Crippen LogP contribution in [0.1, 0.15) is 51.4 Å². The lowest BCUT2D eigenvalue weighted by Crippen LogP contribution is -2.57. The number of carboxylic acid groups (broad SMARTS) is 2. The first-order valence-corrected chi connectivity index (χ1v) is 11.1. The molecule has 0 spiro atoms. The molecule has 1 saturated heterocycles. The van der Waals surface area contributed by atoms with Gasteiger partial charge in [0.2, 0.25) is 23.6 Å². The van der Waals surface area contributed by atoms with E-state index in [1.807, 2.05) is 0 Å². The van der Waals surface area contributed by atoms with E-state index >= 15 is 0 Å². The molecule has 4 atom stereocenters. The third kappa shape index (κ3) is 9.31. The smallest absolute Gasteiger partial charge is 0.326 e. The minimum absolute atomic E-state index is 0.145. The van der Waals surface area contributed by atoms with Crippen LogP contribution in [-0.4, -0.2) is 87.9 Å². The van der Waals surface area contributed by atoms with Gasteiger partial charge < -0.3 is 42.9 Å². The number of carbonyl (C=O) groups excluding carboxylic acids is 4. The Labute approximate surface area is 196 Å². The van der Waals surface area contributed by atoms with Gasteiger partial charge in [-0.25, -0.2) is 4.79 Å². The molecule has 0 aliphatic carbocycles. The van der Waals surface area contributed by atoms with Crippen LogP contribution in [-0.2, 0) is 28.8 Å². The van der Waals surface area contributed by atoms with Crippen molar-refractivity contribution in [3.05, 3.63) is 0 Å². The number of likely N-dealkylation sites (tertiary alicyclic amines) is 1. The number of nitrogens with one attached hydrogen (secondary N) is 2. The van der Waals surface area contributed by atoms with E-state index in [0.29, 0.717) is 25.8 Å². The fourth-order valence-corrected chi connectivity index (χ4v) is 3.61. The third-order valence-corrected chi connectivity index (χ3v) is 5.43. The lowest BCUT2D eigenvalue weighted by Gasteiger charge is -2.28. The number of rotatable bonds is 15. The van der Waals surface area contributed by atoms with E-state index in [-0.39, 0.29) is 32.2 Å². The Morgan fingerprint density at radius 3 is 2.18 bits per heavy atom. The van der Waals surface area contributed by atoms with Gasteiger partial charge >= 0.3 is 11.9 Å². The summed E-state index contributed by atoms with van der Waals surface area (Å²) in [5.41, 5.74) is 16.3. The van der Waals surface area contributed by atoms with Crippen LogP contribution in [0.25, 0.3) is 0 Å². The molecule has 0 radical (unpaired) electrons. The Hall–Kier alpha value is -3.26. The van der Waals surface area contributed by atoms with Crippen LogP contribution in [0.5, 0.6) is 0 Å². The lowest BCUT2D eigenvalue weighted by atomic mass is 10.1. The third-order valence-electron chi connectivity index (χ3n) is 5.43. The Morgan fingerprint density at radius 1 is 0.971 bits per heavy atom. The highest BCUT2D eigenvalue weighted by Gasteiger charge is 2.38. The number of hydrogen-bond donors (Lipinski definition) is 7. The molecule has 1 aliphatic rings. The van der Waals surface area contributed by atoms with Gasteiger partial charge in [-0.3, -0.25) is 24.0 Å². The van der Waals surface area contributed by atoms with Crippen LogP contribution in [0.2, 0.25) is 0 Å². The number of primary amides is 1. The Bertz CT molecular complexity index is 776. The quantitative estimate of drug-likeness (QED) is 0.117. The van der Waals surface area contributed by atoms with E-state index in [0.717, 1.165) is 4.90 Å². The predicted molar refractivity (Wildman–Crippen MR) is 118 cm³/mol. The Balaban J connectivity index is 2.97. The zero-order valence-corrected chi connectivity index (χ0v) is 18.9. The van der Waals surface area contributed by atoms with E-state index in [1.165, 1.54) is 0 Å². The largest absolute Gasteiger partial charge is 0.481 e. The number of amides is 4. The van der Waals surface area contributed by atoms with Crippen LogP contribution < -0.4 is 27.8 Å². The van der Waals surface area contributed by atoms with E-state index < -0.39 is 66.2 Å². The monoisotopic (exact) mass is 486 g/mol. The van der Waals surface area contributed by atoms with Crippen molar-refractivity contribution in [2.45, 2.75) is 75.5 Å². The Kier molecular flexibility index (Phi) is 11.9. The minimum Gasteiger partial charge on any atom is -0.481 e. The number of nitrogens with two attached hydrogens (primary N) is 3. The molecule has 34 heavy (non-hydrogen) atoms. The summed E-state index contributed by atoms with van der Waals surface area (Å²) in [5, 5.41) is 23.1. The van der Waals surface area contributed by atoms with Crippen molar-refractivity contribution in [3.8, 4) is 0 Å². The SMILES string of the molecule is NCCCCC(N)C(=O)NC(CC(=O)O)C(=O)NC(CCC(N)=O)C(=O)N1CCCC1C(=O)O. The van der Waals surface area contributed by atoms with Crippen molar-refractivity contribution in [2.24, 2.45) is 17.2 Å². The molecule has 1 rings (SSSR count). The van der Waals surface area contributed by atoms with E-state index in [9.17, 15) is 33.9 Å². The highest BCUT2D eigenvalue weighted by molar-refractivity contribution is 5.96. The lowest BCUT2D eigenvalue weighted by molar-refractivity contribution is -0.150. The maximum atomic E-state index is 13.0. The number of unbranched alkanes of at least 4 members (excludes halogenated alkanes) is 1. The fourth-order valence-electron chi connectivity index (χ4n) is 3.61. The first-order valence-electron chi connectivity index (χ1n) is 11.1. The normalized spacial score (nSPS) is 17.9. The molecule has 0 bridgehead atoms. The summed E-state index contributed by atoms with van der Waals surface area (Å²) in [6.07, 6.45) is 0.846. The average molecular weight is 487 g/mol. The molecule has 192 valence electrons. The number of hydrogen-bond acceptors (Lipinski definition) is 8. The van der Waals surface area contributed by atoms with E-state index in [4.69, 9.17) is 22.3 Å². The zero-order valence-electron chi connectivity index (χ0n) is 18.9. The van der Waals surface area contributed by atoms with Crippen LogP contribution in [0, 0.1) is 0 Å². The van der Waals surface area contributed by atoms with Crippen LogP contribution in [0.4, 0.5) is 0 Å². The summed E-state index contributed by atoms with van der Waals surface area (Å²) in [6.45, 7) is 0.560. The molecular weight excluding hydrogens is 452 g/mol. The summed E-state index contributed by atoms with van der Waals surface area (Å²) in [7, 11) is 0. The van der Waals surface area contributed by atoms with Crippen molar-refractivity contribution in [1.29, 1.82) is 0 Å². The molecule has 0 aromatic carbocycles. The number of nitrogens with zero attached hydrogens (tertiary/aromatic N) is 1. The molecule has 14 nitrogen and oxygen atoms in total. The van der Waals surface area contributed by atoms with Gasteiger partial charge in [-0.15, -0.1) is 0 Å². The van der Waals surface area contributed by atoms with Gasteiger partial charge in [-0.1, -0.05) is 6.42 Å². The van der Waals surface area contributed by atoms with Crippen molar-refractivity contribution in [3.63, 3.8) is 0 Å². The van der Waals surface area contributed by atoms with Gasteiger partial charge in [0.25, 0.3) is 0 Å². The zero-order chi connectivity index (χ0) is 25.8. The van der Waals surface area contributed by atoms with Crippen molar-refractivity contribution in [2.75, 3.05) is 13.1 Å². The molecule has 1 fully saturated rings. The maximum absolute atomic E-state index is 13.0. The minimum atomic E-state index is -1.55. The predicted octanol–water partition coefficient (Wildman–Crippen LogP) is -2.77. The molecule has 0 saturated carbocycles. The Morgan fingerprint density at radius 2 is 1.62 bits per heavy atom. The van der Waals surface area contributed by atoms with Gasteiger partial charge in [0.05, 0.1) is 12.5 Å². The average Bonchev–Trinajstić information content (AvgIpc) is 3.25. The van der Waals surface area contributed by atoms with Crippen molar-refractivity contribution < 1.29 is 39.0 Å². The molecule has 14 heteroatoms. The highest BCUT2D eigenvalue weighted by Crippen LogP contribution is 2.19. The summed E-state index contributed by atoms with van der Waals surface area (Å²) in [6, 6.07) is -4.97. The van der Waals surface area contributed by atoms with Gasteiger partial charge in [0, 0.05) is 13.0 Å². The molecule has 0 aromatic heterocycles. The topological polar surface area (TPSA) is 248 Å². The molecule has 4 unspecified atom stereocenters. The highest BCUT2D eigenvalue weighted by atomic mass is 16.4. The summed E-state index contributed by atoms with van der Waals surface area (Å²) >= 11 is 0. The molecule has 10 N–H and O–H groups in total. The second-order valence-corrected chi connectivity index (χ2v) is 8.14. The van der Waals surface area contributed by atoms with Gasteiger partial charge in [0.15, 0.2) is 0 Å². The van der Waals surface area contributed by atoms with Gasteiger partial charge in [-0.05, 0) is 38.6 Å². The molecule has 0 aromatic rings. The maximum Gasteiger partial charge on any atom is 0.326 e. The summed E-state index contributed by atoms with van der Waals surface area (Å²) < 4.78 is 0. The first kappa shape index (κ1) is 28.8. The standard InChI is InChI=1S/C20H34N6O8/c21-8-2-1-4-11(22)17(30)25-13(10-16(28)29)18(31)24-12(6-7-15(23)27)19(32)26-9-3-5-14(26)20(33)34/h11-14H,1-10,21-22H2,(H2,23,27)(H,24,31)(H,25,30)(H,28,29)(H,33,34). The van der Waals surface area contributed by atoms with Crippen molar-refractivity contribution in [1.82, 2.24) is 15.5 Å². The molecular formula is C20H34N6O8. The van der Waals surface area contributed by atoms with Crippen LogP contribution in [0.3, 0.4) is 0 Å². The van der Waals surface area contributed by atoms with Gasteiger partial charge in [-0.2, -0.15) is 0 Å². The van der Waals surface area contributed by atoms with Crippen LogP contribution in [0.15, 0.2) is 0 Å². The molecule has 1 heterocycles. The van der Waals surface area contributed by atoms with E-state index in [2.05, 4.69) is 10.6 Å². The van der Waals surface area contributed by atoms with Gasteiger partial charge in [0.1, 0.15) is 18.1 Å². The number of aliphatic carboxylic acids is 2. The molecule has 4 amide bonds. The fraction of sp³-hybridized carbons (Fsp3) is 0.700. The number of carboxylic acids is 2. The van der Waals surface area contributed by atoms with E-state index in [1.54, 1.807) is 0 Å². The summed E-state index contributed by atoms with van der Waals surface area (Å²) in [4.78, 5) is 73.2. The molecule has 1 aliphatic heterocycles. The van der Waals surface area contributed by atoms with Crippen molar-refractivity contribution >= 4 is 35.6 Å². The number of carbonyl (C=O) groups is 6. The second-order valence-electron chi connectivity index (χ2n) is 8.14. The van der Waals surface area contributed by atoms with Crippen LogP contribution >= 0.6 is 0 Å². The second kappa shape index (κ2) is 14.1. The summed E-state index contributed by atoms with van der Waals surface area (Å²) in [5.74, 6) is -5.81.